The summed E-state index contributed by atoms with van der Waals surface area (Å²) in [5.74, 6) is -0.295. The zero-order chi connectivity index (χ0) is 22.0. The number of carbonyl (C=O) groups is 2. The first-order chi connectivity index (χ1) is 15.0. The molecule has 2 aromatic carbocycles. The van der Waals surface area contributed by atoms with Crippen molar-refractivity contribution in [1.82, 2.24) is 9.88 Å². The molecule has 1 aliphatic heterocycles. The van der Waals surface area contributed by atoms with Crippen LogP contribution >= 0.6 is 11.8 Å². The highest BCUT2D eigenvalue weighted by Crippen LogP contribution is 2.32. The van der Waals surface area contributed by atoms with Gasteiger partial charge in [-0.05, 0) is 67.8 Å². The molecule has 1 aromatic heterocycles. The van der Waals surface area contributed by atoms with Gasteiger partial charge in [-0.15, -0.1) is 0 Å². The molecule has 0 N–H and O–H groups in total. The van der Waals surface area contributed by atoms with Gasteiger partial charge >= 0.3 is 0 Å². The molecule has 7 heteroatoms. The molecule has 2 amide bonds. The van der Waals surface area contributed by atoms with Crippen LogP contribution in [0.25, 0.3) is 10.9 Å². The zero-order valence-electron chi connectivity index (χ0n) is 17.4. The minimum atomic E-state index is -0.415. The van der Waals surface area contributed by atoms with Gasteiger partial charge < -0.3 is 4.74 Å². The molecular weight excluding hydrogens is 415 g/mol. The van der Waals surface area contributed by atoms with E-state index in [1.54, 1.807) is 7.11 Å². The van der Waals surface area contributed by atoms with Gasteiger partial charge in [-0.25, -0.2) is 9.37 Å². The van der Waals surface area contributed by atoms with E-state index in [0.717, 1.165) is 40.1 Å². The third-order valence-corrected chi connectivity index (χ3v) is 6.61. The van der Waals surface area contributed by atoms with Gasteiger partial charge in [-0.2, -0.15) is 0 Å². The molecule has 0 bridgehead atoms. The van der Waals surface area contributed by atoms with Crippen LogP contribution < -0.4 is 4.74 Å². The fraction of sp³-hybridized carbons (Fsp3) is 0.292. The Bertz CT molecular complexity index is 1130. The molecule has 31 heavy (non-hydrogen) atoms. The molecule has 0 unspecified atom stereocenters. The van der Waals surface area contributed by atoms with Crippen LogP contribution in [0.1, 0.15) is 35.2 Å². The molecule has 1 fully saturated rings. The summed E-state index contributed by atoms with van der Waals surface area (Å²) in [6.45, 7) is 2.38. The summed E-state index contributed by atoms with van der Waals surface area (Å²) in [6, 6.07) is 13.0. The van der Waals surface area contributed by atoms with E-state index in [9.17, 15) is 14.0 Å². The van der Waals surface area contributed by atoms with E-state index in [-0.39, 0.29) is 11.8 Å². The molecule has 0 saturated carbocycles. The lowest BCUT2D eigenvalue weighted by atomic mass is 10.1. The Morgan fingerprint density at radius 3 is 2.68 bits per heavy atom. The number of carbonyl (C=O) groups excluding carboxylic acids is 2. The number of nitrogens with zero attached hydrogens (tertiary/aromatic N) is 2. The van der Waals surface area contributed by atoms with Crippen molar-refractivity contribution in [2.45, 2.75) is 36.5 Å². The molecule has 4 rings (SSSR count). The number of imide groups is 1. The number of pyridine rings is 1. The maximum Gasteiger partial charge on any atom is 0.260 e. The average Bonchev–Trinajstić information content (AvgIpc) is 2.95. The number of aryl methyl sites for hydroxylation is 1. The Morgan fingerprint density at radius 1 is 1.16 bits per heavy atom. The number of thioether (sulfide) groups is 1. The normalized spacial score (nSPS) is 16.9. The highest BCUT2D eigenvalue weighted by Gasteiger charge is 2.32. The molecule has 5 nitrogen and oxygen atoms in total. The Kier molecular flexibility index (Phi) is 6.23. The van der Waals surface area contributed by atoms with Gasteiger partial charge in [-0.3, -0.25) is 14.5 Å². The van der Waals surface area contributed by atoms with Crippen molar-refractivity contribution in [3.8, 4) is 5.75 Å². The molecule has 1 atom stereocenters. The van der Waals surface area contributed by atoms with Crippen LogP contribution in [0.5, 0.6) is 5.75 Å². The van der Waals surface area contributed by atoms with E-state index >= 15 is 0 Å². The van der Waals surface area contributed by atoms with Crippen molar-refractivity contribution in [2.75, 3.05) is 13.7 Å². The fourth-order valence-electron chi connectivity index (χ4n) is 3.75. The summed E-state index contributed by atoms with van der Waals surface area (Å²) in [4.78, 5) is 32.2. The highest BCUT2D eigenvalue weighted by atomic mass is 32.2. The van der Waals surface area contributed by atoms with E-state index in [0.29, 0.717) is 18.5 Å². The lowest BCUT2D eigenvalue weighted by Crippen LogP contribution is -2.41. The second-order valence-electron chi connectivity index (χ2n) is 7.56. The van der Waals surface area contributed by atoms with Gasteiger partial charge in [0.1, 0.15) is 11.6 Å². The Labute approximate surface area is 184 Å². The van der Waals surface area contributed by atoms with E-state index in [1.165, 1.54) is 40.9 Å². The van der Waals surface area contributed by atoms with Crippen molar-refractivity contribution < 1.29 is 18.7 Å². The summed E-state index contributed by atoms with van der Waals surface area (Å²) in [5, 5.41) is 1.37. The van der Waals surface area contributed by atoms with Gasteiger partial charge in [0.25, 0.3) is 5.91 Å². The molecule has 2 heterocycles. The number of hydrogen-bond donors (Lipinski definition) is 0. The predicted octanol–water partition coefficient (Wildman–Crippen LogP) is 5.00. The zero-order valence-corrected chi connectivity index (χ0v) is 18.2. The first kappa shape index (κ1) is 21.3. The minimum Gasteiger partial charge on any atom is -0.497 e. The van der Waals surface area contributed by atoms with Gasteiger partial charge in [0.05, 0.1) is 22.9 Å². The highest BCUT2D eigenvalue weighted by molar-refractivity contribution is 8.00. The summed E-state index contributed by atoms with van der Waals surface area (Å²) in [5.41, 5.74) is 2.19. The molecule has 160 valence electrons. The lowest BCUT2D eigenvalue weighted by Gasteiger charge is -2.22. The van der Waals surface area contributed by atoms with E-state index in [1.807, 2.05) is 31.2 Å². The van der Waals surface area contributed by atoms with Crippen LogP contribution in [0, 0.1) is 12.7 Å². The third-order valence-electron chi connectivity index (χ3n) is 5.44. The van der Waals surface area contributed by atoms with Crippen LogP contribution in [0.15, 0.2) is 53.6 Å². The largest absolute Gasteiger partial charge is 0.497 e. The Morgan fingerprint density at radius 2 is 1.94 bits per heavy atom. The van der Waals surface area contributed by atoms with Gasteiger partial charge in [-0.1, -0.05) is 18.2 Å². The number of hydrogen-bond acceptors (Lipinski definition) is 5. The number of amides is 2. The number of ether oxygens (including phenoxy) is 1. The Hall–Kier alpha value is -2.93. The van der Waals surface area contributed by atoms with Gasteiger partial charge in [0.15, 0.2) is 0 Å². The van der Waals surface area contributed by atoms with Crippen molar-refractivity contribution >= 4 is 34.5 Å². The second-order valence-corrected chi connectivity index (χ2v) is 8.79. The summed E-state index contributed by atoms with van der Waals surface area (Å²) < 4.78 is 18.5. The fourth-order valence-corrected chi connectivity index (χ4v) is 4.95. The van der Waals surface area contributed by atoms with Crippen LogP contribution in [0.4, 0.5) is 4.39 Å². The number of halogens is 1. The summed E-state index contributed by atoms with van der Waals surface area (Å²) >= 11 is 1.39. The Balaban J connectivity index is 1.59. The standard InChI is InChI=1S/C24H23FN2O3S/c1-15-13-22(26-20-14-18(30-2)10-11-19(15)20)31-21-5-3-4-12-27(24(21)29)23(28)16-6-8-17(25)9-7-16/h6-11,13-14,21H,3-5,12H2,1-2H3/t21-/m0/s1. The molecule has 1 aliphatic rings. The number of fused-ring (bicyclic) bond motifs is 1. The second kappa shape index (κ2) is 9.06. The number of benzene rings is 2. The average molecular weight is 439 g/mol. The van der Waals surface area contributed by atoms with Crippen LogP contribution in [0.3, 0.4) is 0 Å². The van der Waals surface area contributed by atoms with Crippen LogP contribution in [0.2, 0.25) is 0 Å². The smallest absolute Gasteiger partial charge is 0.260 e. The van der Waals surface area contributed by atoms with Crippen molar-refractivity contribution in [2.24, 2.45) is 0 Å². The summed E-state index contributed by atoms with van der Waals surface area (Å²) in [7, 11) is 1.61. The van der Waals surface area contributed by atoms with E-state index in [4.69, 9.17) is 9.72 Å². The number of aromatic nitrogens is 1. The molecule has 1 saturated heterocycles. The quantitative estimate of drug-likeness (QED) is 0.536. The molecular formula is C24H23FN2O3S. The monoisotopic (exact) mass is 438 g/mol. The van der Waals surface area contributed by atoms with Crippen molar-refractivity contribution in [3.05, 3.63) is 65.5 Å². The van der Waals surface area contributed by atoms with Crippen molar-refractivity contribution in [3.63, 3.8) is 0 Å². The SMILES string of the molecule is COc1ccc2c(C)cc(S[C@H]3CCCCN(C(=O)c4ccc(F)cc4)C3=O)nc2c1. The maximum absolute atomic E-state index is 13.2. The number of rotatable bonds is 4. The van der Waals surface area contributed by atoms with Crippen LogP contribution in [-0.4, -0.2) is 40.6 Å². The van der Waals surface area contributed by atoms with Gasteiger partial charge in [0.2, 0.25) is 5.91 Å². The molecule has 0 spiro atoms. The maximum atomic E-state index is 13.2. The molecule has 0 radical (unpaired) electrons. The topological polar surface area (TPSA) is 59.5 Å². The number of likely N-dealkylation sites (tertiary alicyclic amines) is 1. The first-order valence-electron chi connectivity index (χ1n) is 10.2. The van der Waals surface area contributed by atoms with Crippen molar-refractivity contribution in [1.29, 1.82) is 0 Å². The predicted molar refractivity (Wildman–Crippen MR) is 119 cm³/mol. The summed E-state index contributed by atoms with van der Waals surface area (Å²) in [6.07, 6.45) is 2.27. The number of methoxy groups -OCH3 is 1. The van der Waals surface area contributed by atoms with E-state index in [2.05, 4.69) is 0 Å². The molecule has 0 aliphatic carbocycles. The first-order valence-corrected chi connectivity index (χ1v) is 11.1. The lowest BCUT2D eigenvalue weighted by molar-refractivity contribution is -0.127. The van der Waals surface area contributed by atoms with Crippen LogP contribution in [-0.2, 0) is 4.79 Å². The van der Waals surface area contributed by atoms with Gasteiger partial charge in [0, 0.05) is 23.6 Å². The third kappa shape index (κ3) is 4.56. The molecule has 3 aromatic rings. The van der Waals surface area contributed by atoms with E-state index < -0.39 is 11.1 Å². The minimum absolute atomic E-state index is 0.220.